The van der Waals surface area contributed by atoms with Crippen molar-refractivity contribution in [3.63, 3.8) is 0 Å². The van der Waals surface area contributed by atoms with Crippen molar-refractivity contribution in [3.05, 3.63) is 135 Å². The van der Waals surface area contributed by atoms with E-state index in [1.165, 1.54) is 11.1 Å². The molecular weight excluding hydrogens is 570 g/mol. The largest absolute Gasteiger partial charge is 0.422 e. The highest BCUT2D eigenvalue weighted by atomic mass is 16.4. The summed E-state index contributed by atoms with van der Waals surface area (Å²) in [6, 6.07) is 34.4. The zero-order valence-corrected chi connectivity index (χ0v) is 26.3. The van der Waals surface area contributed by atoms with Gasteiger partial charge in [-0.3, -0.25) is 0 Å². The van der Waals surface area contributed by atoms with Gasteiger partial charge in [-0.05, 0) is 107 Å². The summed E-state index contributed by atoms with van der Waals surface area (Å²) in [6.07, 6.45) is 0. The van der Waals surface area contributed by atoms with Crippen LogP contribution in [0.25, 0.3) is 66.1 Å². The maximum atomic E-state index is 13.4. The van der Waals surface area contributed by atoms with Crippen LogP contribution in [-0.4, -0.2) is 13.1 Å². The summed E-state index contributed by atoms with van der Waals surface area (Å²) in [7, 11) is 0. The van der Waals surface area contributed by atoms with Gasteiger partial charge in [0.15, 0.2) is 0 Å². The first-order valence-corrected chi connectivity index (χ1v) is 15.8. The van der Waals surface area contributed by atoms with Gasteiger partial charge in [0.05, 0.1) is 11.1 Å². The summed E-state index contributed by atoms with van der Waals surface area (Å²) in [4.78, 5) is 28.9. The average Bonchev–Trinajstić information content (AvgIpc) is 3.28. The molecule has 7 aromatic rings. The fraction of sp³-hybridized carbons (Fsp3) is 0.171. The summed E-state index contributed by atoms with van der Waals surface area (Å²) in [5, 5.41) is 3.88. The molecule has 2 aromatic heterocycles. The van der Waals surface area contributed by atoms with Gasteiger partial charge in [-0.2, -0.15) is 0 Å². The van der Waals surface area contributed by atoms with Crippen molar-refractivity contribution in [2.45, 2.75) is 33.1 Å². The highest BCUT2D eigenvalue weighted by Crippen LogP contribution is 2.50. The van der Waals surface area contributed by atoms with Crippen LogP contribution in [0.4, 0.5) is 5.69 Å². The summed E-state index contributed by atoms with van der Waals surface area (Å²) in [6.45, 7) is 10.4. The Kier molecular flexibility index (Phi) is 6.30. The van der Waals surface area contributed by atoms with Crippen molar-refractivity contribution >= 4 is 38.4 Å². The molecule has 0 fully saturated rings. The van der Waals surface area contributed by atoms with Crippen molar-refractivity contribution in [2.24, 2.45) is 0 Å². The first-order chi connectivity index (χ1) is 22.2. The predicted molar refractivity (Wildman–Crippen MR) is 188 cm³/mol. The molecule has 0 N–H and O–H groups in total. The molecule has 8 rings (SSSR count). The molecule has 1 aliphatic carbocycles. The summed E-state index contributed by atoms with van der Waals surface area (Å²) >= 11 is 0. The highest BCUT2D eigenvalue weighted by Gasteiger charge is 2.36. The smallest absolute Gasteiger partial charge is 0.344 e. The van der Waals surface area contributed by atoms with Crippen LogP contribution in [0.3, 0.4) is 0 Å². The lowest BCUT2D eigenvalue weighted by molar-refractivity contribution is 0.563. The van der Waals surface area contributed by atoms with Gasteiger partial charge in [0.1, 0.15) is 11.2 Å². The Labute approximate surface area is 266 Å². The van der Waals surface area contributed by atoms with Crippen LogP contribution in [0.5, 0.6) is 0 Å². The van der Waals surface area contributed by atoms with Crippen molar-refractivity contribution in [1.82, 2.24) is 0 Å². The molecule has 5 aromatic carbocycles. The summed E-state index contributed by atoms with van der Waals surface area (Å²) < 4.78 is 11.7. The van der Waals surface area contributed by atoms with Crippen molar-refractivity contribution < 1.29 is 8.83 Å². The first kappa shape index (κ1) is 28.1. The molecule has 2 heterocycles. The second-order valence-corrected chi connectivity index (χ2v) is 12.7. The van der Waals surface area contributed by atoms with Gasteiger partial charge in [-0.25, -0.2) is 9.59 Å². The second kappa shape index (κ2) is 10.3. The summed E-state index contributed by atoms with van der Waals surface area (Å²) in [5.74, 6) is 0. The standard InChI is InChI=1S/C41H33NO4/c1-5-42(6-2)30-14-11-28-20-31(39(43)46-38(28)23-30)26-12-15-35-33(18-26)34-19-27(13-16-36(34)41(35,3)4)32-21-29-17-24-9-7-8-10-25(24)22-37(29)45-40(32)44/h7-23H,5-6H2,1-4H3. The van der Waals surface area contributed by atoms with Crippen LogP contribution in [-0.2, 0) is 5.41 Å². The minimum atomic E-state index is -0.369. The van der Waals surface area contributed by atoms with E-state index in [0.717, 1.165) is 62.6 Å². The number of nitrogens with zero attached hydrogens (tertiary/aromatic N) is 1. The molecule has 0 saturated heterocycles. The van der Waals surface area contributed by atoms with E-state index in [4.69, 9.17) is 8.83 Å². The number of rotatable bonds is 5. The van der Waals surface area contributed by atoms with Gasteiger partial charge < -0.3 is 13.7 Å². The Morgan fingerprint density at radius 3 is 1.67 bits per heavy atom. The Balaban J connectivity index is 1.24. The molecule has 0 spiro atoms. The van der Waals surface area contributed by atoms with E-state index in [2.05, 4.69) is 75.1 Å². The number of hydrogen-bond donors (Lipinski definition) is 0. The fourth-order valence-electron chi connectivity index (χ4n) is 7.20. The Bertz CT molecular complexity index is 2480. The lowest BCUT2D eigenvalue weighted by Gasteiger charge is -2.21. The highest BCUT2D eigenvalue weighted by molar-refractivity contribution is 5.97. The van der Waals surface area contributed by atoms with Crippen LogP contribution in [0.15, 0.2) is 122 Å². The van der Waals surface area contributed by atoms with Crippen LogP contribution < -0.4 is 16.2 Å². The monoisotopic (exact) mass is 603 g/mol. The van der Waals surface area contributed by atoms with Crippen molar-refractivity contribution in [1.29, 1.82) is 0 Å². The zero-order valence-electron chi connectivity index (χ0n) is 26.3. The third-order valence-electron chi connectivity index (χ3n) is 9.75. The number of benzene rings is 5. The van der Waals surface area contributed by atoms with Crippen molar-refractivity contribution in [2.75, 3.05) is 18.0 Å². The molecule has 0 amide bonds. The van der Waals surface area contributed by atoms with Crippen LogP contribution in [0.2, 0.25) is 0 Å². The Morgan fingerprint density at radius 2 is 1.09 bits per heavy atom. The van der Waals surface area contributed by atoms with E-state index in [-0.39, 0.29) is 16.7 Å². The number of anilines is 1. The average molecular weight is 604 g/mol. The van der Waals surface area contributed by atoms with E-state index in [1.54, 1.807) is 0 Å². The van der Waals surface area contributed by atoms with E-state index in [9.17, 15) is 9.59 Å². The lowest BCUT2D eigenvalue weighted by atomic mass is 9.82. The van der Waals surface area contributed by atoms with Crippen molar-refractivity contribution in [3.8, 4) is 33.4 Å². The molecule has 1 aliphatic rings. The predicted octanol–water partition coefficient (Wildman–Crippen LogP) is 9.54. The molecule has 5 nitrogen and oxygen atoms in total. The normalized spacial score (nSPS) is 13.3. The third-order valence-corrected chi connectivity index (χ3v) is 9.75. The third kappa shape index (κ3) is 4.30. The molecular formula is C41H33NO4. The fourth-order valence-corrected chi connectivity index (χ4v) is 7.20. The molecule has 0 unspecified atom stereocenters. The molecule has 226 valence electrons. The van der Waals surface area contributed by atoms with Crippen LogP contribution in [0.1, 0.15) is 38.8 Å². The maximum absolute atomic E-state index is 13.4. The maximum Gasteiger partial charge on any atom is 0.344 e. The topological polar surface area (TPSA) is 63.7 Å². The molecule has 0 bridgehead atoms. The van der Waals surface area contributed by atoms with Gasteiger partial charge in [0.2, 0.25) is 0 Å². The second-order valence-electron chi connectivity index (χ2n) is 12.7. The lowest BCUT2D eigenvalue weighted by Crippen LogP contribution is -2.21. The Hall–Kier alpha value is -5.42. The van der Waals surface area contributed by atoms with E-state index in [1.807, 2.05) is 60.7 Å². The van der Waals surface area contributed by atoms with Gasteiger partial charge in [0.25, 0.3) is 0 Å². The molecule has 5 heteroatoms. The van der Waals surface area contributed by atoms with Crippen LogP contribution in [0, 0.1) is 0 Å². The van der Waals surface area contributed by atoms with Gasteiger partial charge in [-0.15, -0.1) is 0 Å². The van der Waals surface area contributed by atoms with E-state index in [0.29, 0.717) is 22.3 Å². The van der Waals surface area contributed by atoms with E-state index < -0.39 is 0 Å². The quantitative estimate of drug-likeness (QED) is 0.145. The molecule has 0 atom stereocenters. The summed E-state index contributed by atoms with van der Waals surface area (Å²) in [5.41, 5.74) is 8.30. The number of fused-ring (bicyclic) bond motifs is 6. The van der Waals surface area contributed by atoms with Gasteiger partial charge >= 0.3 is 11.3 Å². The van der Waals surface area contributed by atoms with Gasteiger partial charge in [-0.1, -0.05) is 62.4 Å². The Morgan fingerprint density at radius 1 is 0.543 bits per heavy atom. The molecule has 0 radical (unpaired) electrons. The first-order valence-electron chi connectivity index (χ1n) is 15.8. The molecule has 46 heavy (non-hydrogen) atoms. The molecule has 0 saturated carbocycles. The minimum Gasteiger partial charge on any atom is -0.422 e. The van der Waals surface area contributed by atoms with E-state index >= 15 is 0 Å². The molecule has 0 aliphatic heterocycles. The number of hydrogen-bond acceptors (Lipinski definition) is 5. The minimum absolute atomic E-state index is 0.246. The SMILES string of the molecule is CCN(CC)c1ccc2cc(-c3ccc4c(c3)-c3cc(-c5cc6cc7ccccc7cc6oc5=O)ccc3C4(C)C)c(=O)oc2c1. The van der Waals surface area contributed by atoms with Crippen LogP contribution >= 0.6 is 0 Å². The zero-order chi connectivity index (χ0) is 31.7. The van der Waals surface area contributed by atoms with Gasteiger partial charge in [0, 0.05) is 41.0 Å².